The molecule has 0 radical (unpaired) electrons. The lowest BCUT2D eigenvalue weighted by Crippen LogP contribution is -2.29. The lowest BCUT2D eigenvalue weighted by molar-refractivity contribution is -0.385. The minimum Gasteiger partial charge on any atom is -0.497 e. The topological polar surface area (TPSA) is 108 Å². The molecule has 0 saturated carbocycles. The van der Waals surface area contributed by atoms with Crippen molar-refractivity contribution in [2.45, 2.75) is 13.0 Å². The van der Waals surface area contributed by atoms with Gasteiger partial charge < -0.3 is 14.8 Å². The zero-order valence-corrected chi connectivity index (χ0v) is 14.7. The Hall–Kier alpha value is -3.68. The van der Waals surface area contributed by atoms with Gasteiger partial charge in [0.2, 0.25) is 0 Å². The van der Waals surface area contributed by atoms with E-state index in [1.807, 2.05) is 0 Å². The van der Waals surface area contributed by atoms with Crippen molar-refractivity contribution in [3.05, 3.63) is 70.3 Å². The van der Waals surface area contributed by atoms with Crippen molar-refractivity contribution in [2.75, 3.05) is 12.4 Å². The number of ether oxygens (including phenoxy) is 2. The number of nitrogens with one attached hydrogen (secondary N) is 1. The largest absolute Gasteiger partial charge is 0.497 e. The number of esters is 1. The lowest BCUT2D eigenvalue weighted by atomic mass is 10.1. The van der Waals surface area contributed by atoms with Crippen LogP contribution in [0.3, 0.4) is 0 Å². The Morgan fingerprint density at radius 2 is 1.93 bits per heavy atom. The van der Waals surface area contributed by atoms with Crippen molar-refractivity contribution in [1.82, 2.24) is 0 Å². The van der Waals surface area contributed by atoms with E-state index in [0.29, 0.717) is 11.4 Å². The quantitative estimate of drug-likeness (QED) is 0.347. The number of hydrogen-bond donors (Lipinski definition) is 1. The molecule has 8 nitrogen and oxygen atoms in total. The fourth-order valence-electron chi connectivity index (χ4n) is 2.16. The van der Waals surface area contributed by atoms with E-state index in [2.05, 4.69) is 5.32 Å². The number of nitrogens with zero attached hydrogens (tertiary/aromatic N) is 1. The third kappa shape index (κ3) is 5.67. The molecule has 0 bridgehead atoms. The van der Waals surface area contributed by atoms with Crippen molar-refractivity contribution in [3.8, 4) is 5.75 Å². The van der Waals surface area contributed by atoms with E-state index in [1.165, 1.54) is 38.3 Å². The van der Waals surface area contributed by atoms with Crippen LogP contribution < -0.4 is 10.1 Å². The van der Waals surface area contributed by atoms with Crippen LogP contribution in [0, 0.1) is 10.1 Å². The van der Waals surface area contributed by atoms with Gasteiger partial charge in [0.05, 0.1) is 17.6 Å². The summed E-state index contributed by atoms with van der Waals surface area (Å²) in [5.74, 6) is -0.734. The predicted octanol–water partition coefficient (Wildman–Crippen LogP) is 3.19. The van der Waals surface area contributed by atoms with Gasteiger partial charge >= 0.3 is 5.97 Å². The number of methoxy groups -OCH3 is 1. The van der Waals surface area contributed by atoms with Gasteiger partial charge in [-0.1, -0.05) is 18.2 Å². The minimum absolute atomic E-state index is 0.134. The van der Waals surface area contributed by atoms with E-state index < -0.39 is 22.9 Å². The van der Waals surface area contributed by atoms with Gasteiger partial charge in [-0.2, -0.15) is 0 Å². The van der Waals surface area contributed by atoms with E-state index >= 15 is 0 Å². The molecule has 1 N–H and O–H groups in total. The average Bonchev–Trinajstić information content (AvgIpc) is 2.66. The molecular formula is C19H18N2O6. The fourth-order valence-corrected chi connectivity index (χ4v) is 2.16. The van der Waals surface area contributed by atoms with Gasteiger partial charge in [-0.25, -0.2) is 4.79 Å². The van der Waals surface area contributed by atoms with E-state index in [4.69, 9.17) is 9.47 Å². The number of anilines is 1. The van der Waals surface area contributed by atoms with Crippen molar-refractivity contribution in [2.24, 2.45) is 0 Å². The van der Waals surface area contributed by atoms with Gasteiger partial charge in [-0.05, 0) is 31.2 Å². The summed E-state index contributed by atoms with van der Waals surface area (Å²) in [5.41, 5.74) is 0.621. The van der Waals surface area contributed by atoms with E-state index in [0.717, 1.165) is 6.08 Å². The maximum Gasteiger partial charge on any atom is 0.331 e. The molecule has 2 rings (SSSR count). The normalized spacial score (nSPS) is 11.6. The van der Waals surface area contributed by atoms with Crippen LogP contribution in [0.1, 0.15) is 12.5 Å². The lowest BCUT2D eigenvalue weighted by Gasteiger charge is -2.12. The van der Waals surface area contributed by atoms with E-state index in [-0.39, 0.29) is 11.3 Å². The van der Waals surface area contributed by atoms with Crippen molar-refractivity contribution >= 4 is 29.3 Å². The number of carbonyl (C=O) groups is 2. The predicted molar refractivity (Wildman–Crippen MR) is 99.3 cm³/mol. The molecule has 0 aromatic heterocycles. The molecule has 2 aromatic rings. The molecule has 0 aliphatic carbocycles. The highest BCUT2D eigenvalue weighted by Crippen LogP contribution is 2.19. The molecular weight excluding hydrogens is 352 g/mol. The number of rotatable bonds is 7. The first-order valence-electron chi connectivity index (χ1n) is 7.97. The fraction of sp³-hybridized carbons (Fsp3) is 0.158. The van der Waals surface area contributed by atoms with Crippen LogP contribution >= 0.6 is 0 Å². The first kappa shape index (κ1) is 19.6. The van der Waals surface area contributed by atoms with Crippen LogP contribution in [-0.2, 0) is 14.3 Å². The smallest absolute Gasteiger partial charge is 0.331 e. The van der Waals surface area contributed by atoms with Crippen LogP contribution in [-0.4, -0.2) is 30.0 Å². The summed E-state index contributed by atoms with van der Waals surface area (Å²) in [6, 6.07) is 12.7. The monoisotopic (exact) mass is 370 g/mol. The molecule has 0 heterocycles. The van der Waals surface area contributed by atoms with Crippen LogP contribution in [0.25, 0.3) is 6.08 Å². The van der Waals surface area contributed by atoms with Crippen LogP contribution in [0.5, 0.6) is 5.75 Å². The molecule has 1 amide bonds. The van der Waals surface area contributed by atoms with Crippen molar-refractivity contribution in [1.29, 1.82) is 0 Å². The number of nitro groups is 1. The third-order valence-electron chi connectivity index (χ3n) is 3.53. The summed E-state index contributed by atoms with van der Waals surface area (Å²) in [7, 11) is 1.51. The van der Waals surface area contributed by atoms with Crippen molar-refractivity contribution < 1.29 is 24.0 Å². The summed E-state index contributed by atoms with van der Waals surface area (Å²) < 4.78 is 10.1. The van der Waals surface area contributed by atoms with E-state index in [9.17, 15) is 19.7 Å². The van der Waals surface area contributed by atoms with Gasteiger partial charge in [0.15, 0.2) is 6.10 Å². The highest BCUT2D eigenvalue weighted by atomic mass is 16.6. The molecule has 0 saturated heterocycles. The van der Waals surface area contributed by atoms with Gasteiger partial charge in [0.25, 0.3) is 11.6 Å². The Bertz CT molecular complexity index is 878. The number of hydrogen-bond acceptors (Lipinski definition) is 6. The van der Waals surface area contributed by atoms with Crippen LogP contribution in [0.4, 0.5) is 11.4 Å². The second-order valence-corrected chi connectivity index (χ2v) is 5.45. The number of amides is 1. The molecule has 0 aliphatic heterocycles. The maximum absolute atomic E-state index is 12.1. The third-order valence-corrected chi connectivity index (χ3v) is 3.53. The van der Waals surface area contributed by atoms with Gasteiger partial charge in [0.1, 0.15) is 5.75 Å². The molecule has 1 atom stereocenters. The van der Waals surface area contributed by atoms with Gasteiger partial charge in [0, 0.05) is 23.9 Å². The van der Waals surface area contributed by atoms with Gasteiger partial charge in [-0.15, -0.1) is 0 Å². The molecule has 27 heavy (non-hydrogen) atoms. The van der Waals surface area contributed by atoms with E-state index in [1.54, 1.807) is 30.3 Å². The average molecular weight is 370 g/mol. The maximum atomic E-state index is 12.1. The summed E-state index contributed by atoms with van der Waals surface area (Å²) in [6.45, 7) is 1.42. The first-order valence-corrected chi connectivity index (χ1v) is 7.97. The SMILES string of the molecule is COc1cccc(NC(=O)[C@H](C)OC(=O)/C=C/c2ccccc2[N+](=O)[O-])c1. The summed E-state index contributed by atoms with van der Waals surface area (Å²) in [4.78, 5) is 34.4. The standard InChI is InChI=1S/C19H18N2O6/c1-13(19(23)20-15-7-5-8-16(12-15)26-2)27-18(22)11-10-14-6-3-4-9-17(14)21(24)25/h3-13H,1-2H3,(H,20,23)/b11-10+/t13-/m0/s1. The van der Waals surface area contributed by atoms with Crippen LogP contribution in [0.15, 0.2) is 54.6 Å². The summed E-state index contributed by atoms with van der Waals surface area (Å²) >= 11 is 0. The first-order chi connectivity index (χ1) is 12.9. The summed E-state index contributed by atoms with van der Waals surface area (Å²) in [5, 5.41) is 13.6. The Kier molecular flexibility index (Phi) is 6.65. The molecule has 0 unspecified atom stereocenters. The highest BCUT2D eigenvalue weighted by Gasteiger charge is 2.17. The summed E-state index contributed by atoms with van der Waals surface area (Å²) in [6.07, 6.45) is 1.25. The molecule has 140 valence electrons. The Morgan fingerprint density at radius 1 is 1.19 bits per heavy atom. The number of benzene rings is 2. The second-order valence-electron chi connectivity index (χ2n) is 5.45. The Labute approximate surface area is 155 Å². The van der Waals surface area contributed by atoms with Crippen molar-refractivity contribution in [3.63, 3.8) is 0 Å². The minimum atomic E-state index is -1.06. The second kappa shape index (κ2) is 9.14. The molecule has 0 spiro atoms. The zero-order chi connectivity index (χ0) is 19.8. The number of carbonyl (C=O) groups excluding carboxylic acids is 2. The molecule has 2 aromatic carbocycles. The molecule has 0 aliphatic rings. The number of nitro benzene ring substituents is 1. The number of para-hydroxylation sites is 1. The van der Waals surface area contributed by atoms with Crippen LogP contribution in [0.2, 0.25) is 0 Å². The molecule has 8 heteroatoms. The Balaban J connectivity index is 1.96. The van der Waals surface area contributed by atoms with Gasteiger partial charge in [-0.3, -0.25) is 14.9 Å². The highest BCUT2D eigenvalue weighted by molar-refractivity contribution is 5.96. The molecule has 0 fully saturated rings. The Morgan fingerprint density at radius 3 is 2.63 bits per heavy atom. The zero-order valence-electron chi connectivity index (χ0n) is 14.7.